The molecule has 0 fully saturated rings. The first kappa shape index (κ1) is 12.3. The van der Waals surface area contributed by atoms with E-state index >= 15 is 0 Å². The third-order valence-corrected chi connectivity index (χ3v) is 2.48. The summed E-state index contributed by atoms with van der Waals surface area (Å²) in [6, 6.07) is 6.23. The van der Waals surface area contributed by atoms with E-state index in [4.69, 9.17) is 21.4 Å². The number of rotatable bonds is 3. The summed E-state index contributed by atoms with van der Waals surface area (Å²) in [5.41, 5.74) is 0.731. The second kappa shape index (κ2) is 5.01. The van der Waals surface area contributed by atoms with E-state index in [0.717, 1.165) is 5.69 Å². The van der Waals surface area contributed by atoms with Gasteiger partial charge in [-0.2, -0.15) is 0 Å². The molecule has 6 heteroatoms. The number of aromatic carboxylic acids is 1. The Balaban J connectivity index is 2.30. The molecule has 5 nitrogen and oxygen atoms in total. The summed E-state index contributed by atoms with van der Waals surface area (Å²) >= 11 is 5.75. The number of carboxylic acids is 1. The Morgan fingerprint density at radius 1 is 1.39 bits per heavy atom. The van der Waals surface area contributed by atoms with Crippen molar-refractivity contribution < 1.29 is 14.6 Å². The molecule has 0 saturated carbocycles. The summed E-state index contributed by atoms with van der Waals surface area (Å²) in [6.45, 7) is 1.80. The Bertz CT molecular complexity index is 602. The second-order valence-corrected chi connectivity index (χ2v) is 3.94. The summed E-state index contributed by atoms with van der Waals surface area (Å²) in [5, 5.41) is 9.08. The van der Waals surface area contributed by atoms with Crippen molar-refractivity contribution in [3.05, 3.63) is 46.7 Å². The van der Waals surface area contributed by atoms with E-state index in [9.17, 15) is 4.79 Å². The Morgan fingerprint density at radius 3 is 2.83 bits per heavy atom. The fourth-order valence-corrected chi connectivity index (χ4v) is 1.51. The SMILES string of the molecule is Cc1ccnc(Oc2ccc(Cl)c(C(=O)O)c2)n1. The number of hydrogen-bond donors (Lipinski definition) is 1. The number of carbonyl (C=O) groups is 1. The molecule has 0 unspecified atom stereocenters. The van der Waals surface area contributed by atoms with Crippen molar-refractivity contribution in [3.63, 3.8) is 0 Å². The van der Waals surface area contributed by atoms with E-state index in [1.54, 1.807) is 25.3 Å². The van der Waals surface area contributed by atoms with E-state index in [-0.39, 0.29) is 16.6 Å². The third kappa shape index (κ3) is 2.75. The maximum absolute atomic E-state index is 10.9. The predicted octanol–water partition coefficient (Wildman–Crippen LogP) is 2.93. The van der Waals surface area contributed by atoms with Crippen LogP contribution in [0.2, 0.25) is 5.02 Å². The van der Waals surface area contributed by atoms with Gasteiger partial charge in [0.25, 0.3) is 0 Å². The number of halogens is 1. The number of carboxylic acid groups (broad SMARTS) is 1. The van der Waals surface area contributed by atoms with Gasteiger partial charge >= 0.3 is 12.0 Å². The molecule has 0 saturated heterocycles. The predicted molar refractivity (Wildman–Crippen MR) is 65.3 cm³/mol. The summed E-state index contributed by atoms with van der Waals surface area (Å²) < 4.78 is 5.36. The number of hydrogen-bond acceptors (Lipinski definition) is 4. The fourth-order valence-electron chi connectivity index (χ4n) is 1.31. The zero-order valence-corrected chi connectivity index (χ0v) is 10.2. The molecule has 0 aliphatic rings. The molecule has 18 heavy (non-hydrogen) atoms. The van der Waals surface area contributed by atoms with Crippen molar-refractivity contribution in [2.45, 2.75) is 6.92 Å². The van der Waals surface area contributed by atoms with Gasteiger partial charge in [0.1, 0.15) is 5.75 Å². The van der Waals surface area contributed by atoms with Gasteiger partial charge in [-0.1, -0.05) is 11.6 Å². The molecule has 2 rings (SSSR count). The zero-order chi connectivity index (χ0) is 13.1. The van der Waals surface area contributed by atoms with Crippen LogP contribution < -0.4 is 4.74 Å². The lowest BCUT2D eigenvalue weighted by atomic mass is 10.2. The molecule has 0 amide bonds. The lowest BCUT2D eigenvalue weighted by Crippen LogP contribution is -1.99. The summed E-state index contributed by atoms with van der Waals surface area (Å²) in [7, 11) is 0. The maximum Gasteiger partial charge on any atom is 0.337 e. The minimum Gasteiger partial charge on any atom is -0.478 e. The highest BCUT2D eigenvalue weighted by Gasteiger charge is 2.11. The highest BCUT2D eigenvalue weighted by Crippen LogP contribution is 2.24. The van der Waals surface area contributed by atoms with Crippen molar-refractivity contribution >= 4 is 17.6 Å². The van der Waals surface area contributed by atoms with Crippen molar-refractivity contribution in [3.8, 4) is 11.8 Å². The first-order valence-corrected chi connectivity index (χ1v) is 5.44. The first-order chi connectivity index (χ1) is 8.56. The smallest absolute Gasteiger partial charge is 0.337 e. The van der Waals surface area contributed by atoms with Crippen LogP contribution >= 0.6 is 11.6 Å². The fraction of sp³-hybridized carbons (Fsp3) is 0.0833. The third-order valence-electron chi connectivity index (χ3n) is 2.15. The van der Waals surface area contributed by atoms with Gasteiger partial charge in [0.2, 0.25) is 0 Å². The molecule has 0 bridgehead atoms. The van der Waals surface area contributed by atoms with Gasteiger partial charge in [0, 0.05) is 11.9 Å². The van der Waals surface area contributed by atoms with Crippen LogP contribution in [0.1, 0.15) is 16.1 Å². The monoisotopic (exact) mass is 264 g/mol. The Labute approximate surface area is 108 Å². The molecular weight excluding hydrogens is 256 g/mol. The average Bonchev–Trinajstić information content (AvgIpc) is 2.31. The zero-order valence-electron chi connectivity index (χ0n) is 9.42. The normalized spacial score (nSPS) is 10.1. The van der Waals surface area contributed by atoms with Crippen molar-refractivity contribution in [1.82, 2.24) is 9.97 Å². The van der Waals surface area contributed by atoms with E-state index in [1.165, 1.54) is 12.1 Å². The van der Waals surface area contributed by atoms with Crippen molar-refractivity contribution in [1.29, 1.82) is 0 Å². The van der Waals surface area contributed by atoms with Crippen LogP contribution in [0, 0.1) is 6.92 Å². The van der Waals surface area contributed by atoms with Crippen LogP contribution in [-0.4, -0.2) is 21.0 Å². The molecule has 0 atom stereocenters. The Hall–Kier alpha value is -2.14. The minimum atomic E-state index is -1.12. The Morgan fingerprint density at radius 2 is 2.17 bits per heavy atom. The van der Waals surface area contributed by atoms with Gasteiger partial charge in [-0.25, -0.2) is 14.8 Å². The van der Waals surface area contributed by atoms with Gasteiger partial charge in [-0.3, -0.25) is 0 Å². The van der Waals surface area contributed by atoms with Gasteiger partial charge in [0.05, 0.1) is 10.6 Å². The molecule has 0 aliphatic heterocycles. The number of aromatic nitrogens is 2. The summed E-state index contributed by atoms with van der Waals surface area (Å²) in [5.74, 6) is -0.794. The number of ether oxygens (including phenoxy) is 1. The van der Waals surface area contributed by atoms with Crippen LogP contribution in [0.3, 0.4) is 0 Å². The number of aryl methyl sites for hydroxylation is 1. The topological polar surface area (TPSA) is 72.3 Å². The number of benzene rings is 1. The van der Waals surface area contributed by atoms with Crippen LogP contribution in [0.15, 0.2) is 30.5 Å². The van der Waals surface area contributed by atoms with Crippen molar-refractivity contribution in [2.75, 3.05) is 0 Å². The lowest BCUT2D eigenvalue weighted by Gasteiger charge is -2.05. The highest BCUT2D eigenvalue weighted by molar-refractivity contribution is 6.33. The van der Waals surface area contributed by atoms with Gasteiger partial charge in [-0.15, -0.1) is 0 Å². The van der Waals surface area contributed by atoms with E-state index in [1.807, 2.05) is 0 Å². The molecule has 0 spiro atoms. The number of nitrogens with zero attached hydrogens (tertiary/aromatic N) is 2. The second-order valence-electron chi connectivity index (χ2n) is 3.53. The quantitative estimate of drug-likeness (QED) is 0.923. The average molecular weight is 265 g/mol. The molecule has 1 heterocycles. The molecule has 2 aromatic rings. The molecule has 1 aromatic heterocycles. The molecule has 0 aliphatic carbocycles. The largest absolute Gasteiger partial charge is 0.478 e. The van der Waals surface area contributed by atoms with Gasteiger partial charge < -0.3 is 9.84 Å². The van der Waals surface area contributed by atoms with Crippen LogP contribution in [0.25, 0.3) is 0 Å². The van der Waals surface area contributed by atoms with E-state index in [2.05, 4.69) is 9.97 Å². The van der Waals surface area contributed by atoms with Crippen LogP contribution in [0.5, 0.6) is 11.8 Å². The summed E-state index contributed by atoms with van der Waals surface area (Å²) in [4.78, 5) is 18.9. The Kier molecular flexibility index (Phi) is 3.43. The van der Waals surface area contributed by atoms with E-state index in [0.29, 0.717) is 5.75 Å². The maximum atomic E-state index is 10.9. The molecule has 1 aromatic carbocycles. The van der Waals surface area contributed by atoms with Gasteiger partial charge in [-0.05, 0) is 31.2 Å². The molecular formula is C12H9ClN2O3. The van der Waals surface area contributed by atoms with Crippen molar-refractivity contribution in [2.24, 2.45) is 0 Å². The highest BCUT2D eigenvalue weighted by atomic mass is 35.5. The molecule has 1 N–H and O–H groups in total. The standard InChI is InChI=1S/C12H9ClN2O3/c1-7-4-5-14-12(15-7)18-8-2-3-10(13)9(6-8)11(16)17/h2-6H,1H3,(H,16,17). The molecule has 0 radical (unpaired) electrons. The van der Waals surface area contributed by atoms with Gasteiger partial charge in [0.15, 0.2) is 0 Å². The summed E-state index contributed by atoms with van der Waals surface area (Å²) in [6.07, 6.45) is 1.56. The first-order valence-electron chi connectivity index (χ1n) is 5.06. The lowest BCUT2D eigenvalue weighted by molar-refractivity contribution is 0.0696. The van der Waals surface area contributed by atoms with Crippen LogP contribution in [0.4, 0.5) is 0 Å². The van der Waals surface area contributed by atoms with E-state index < -0.39 is 5.97 Å². The minimum absolute atomic E-state index is 0.0261. The molecule has 92 valence electrons. The van der Waals surface area contributed by atoms with Crippen LogP contribution in [-0.2, 0) is 0 Å².